The fourth-order valence-corrected chi connectivity index (χ4v) is 6.30. The average Bonchev–Trinajstić information content (AvgIpc) is 3.24. The van der Waals surface area contributed by atoms with E-state index in [0.29, 0.717) is 38.6 Å². The number of nitrogens with zero attached hydrogens (tertiary/aromatic N) is 2. The van der Waals surface area contributed by atoms with Gasteiger partial charge in [0.1, 0.15) is 0 Å². The predicted octanol–water partition coefficient (Wildman–Crippen LogP) is 2.34. The molecule has 1 N–H and O–H groups in total. The highest BCUT2D eigenvalue weighted by Crippen LogP contribution is 2.30. The number of carbonyl (C=O) groups excluding carboxylic acids is 2. The van der Waals surface area contributed by atoms with E-state index in [-0.39, 0.29) is 11.8 Å². The molecule has 0 aliphatic carbocycles. The molecule has 2 aromatic rings. The standard InChI is InChI=1S/C17H21N3O2S3/c21-16(9-12-11-23-8-2-18-12)19-3-5-20(6-4-19)17(22)15-10-14-13(25-15)1-7-24-14/h1,7,10,12,18H,2-6,8-9,11H2. The highest BCUT2D eigenvalue weighted by Gasteiger charge is 2.27. The smallest absolute Gasteiger partial charge is 0.264 e. The van der Waals surface area contributed by atoms with Gasteiger partial charge in [-0.25, -0.2) is 0 Å². The molecule has 2 aromatic heterocycles. The Hall–Kier alpha value is -1.09. The van der Waals surface area contributed by atoms with Gasteiger partial charge in [0.05, 0.1) is 4.88 Å². The molecule has 2 aliphatic heterocycles. The first-order chi connectivity index (χ1) is 12.2. The van der Waals surface area contributed by atoms with Crippen molar-refractivity contribution in [3.63, 3.8) is 0 Å². The molecular formula is C17H21N3O2S3. The van der Waals surface area contributed by atoms with E-state index in [9.17, 15) is 9.59 Å². The molecule has 134 valence electrons. The van der Waals surface area contributed by atoms with Gasteiger partial charge in [0, 0.05) is 66.1 Å². The third kappa shape index (κ3) is 3.86. The number of rotatable bonds is 3. The summed E-state index contributed by atoms with van der Waals surface area (Å²) < 4.78 is 2.36. The van der Waals surface area contributed by atoms with Gasteiger partial charge in [-0.15, -0.1) is 22.7 Å². The average molecular weight is 396 g/mol. The van der Waals surface area contributed by atoms with Crippen LogP contribution >= 0.6 is 34.4 Å². The minimum Gasteiger partial charge on any atom is -0.339 e. The lowest BCUT2D eigenvalue weighted by molar-refractivity contribution is -0.133. The van der Waals surface area contributed by atoms with Crippen molar-refractivity contribution in [2.75, 3.05) is 44.2 Å². The molecule has 25 heavy (non-hydrogen) atoms. The Balaban J connectivity index is 1.30. The Morgan fingerprint density at radius 2 is 1.96 bits per heavy atom. The molecule has 2 aliphatic rings. The van der Waals surface area contributed by atoms with Gasteiger partial charge >= 0.3 is 0 Å². The largest absolute Gasteiger partial charge is 0.339 e. The molecule has 0 saturated carbocycles. The summed E-state index contributed by atoms with van der Waals surface area (Å²) >= 11 is 5.15. The van der Waals surface area contributed by atoms with Crippen LogP contribution in [0, 0.1) is 0 Å². The topological polar surface area (TPSA) is 52.7 Å². The second-order valence-corrected chi connectivity index (χ2v) is 9.54. The minimum absolute atomic E-state index is 0.103. The summed E-state index contributed by atoms with van der Waals surface area (Å²) in [5.41, 5.74) is 0. The van der Waals surface area contributed by atoms with E-state index in [1.807, 2.05) is 27.6 Å². The molecule has 5 nitrogen and oxygen atoms in total. The van der Waals surface area contributed by atoms with Gasteiger partial charge in [0.15, 0.2) is 0 Å². The summed E-state index contributed by atoms with van der Waals surface area (Å²) in [7, 11) is 0. The van der Waals surface area contributed by atoms with Gasteiger partial charge < -0.3 is 15.1 Å². The maximum Gasteiger partial charge on any atom is 0.264 e. The van der Waals surface area contributed by atoms with Gasteiger partial charge in [-0.2, -0.15) is 11.8 Å². The van der Waals surface area contributed by atoms with Crippen molar-refractivity contribution in [2.24, 2.45) is 0 Å². The van der Waals surface area contributed by atoms with Gasteiger partial charge in [-0.1, -0.05) is 0 Å². The summed E-state index contributed by atoms with van der Waals surface area (Å²) in [5, 5.41) is 5.47. The number of piperazine rings is 1. The Kier molecular flexibility index (Phi) is 5.30. The Morgan fingerprint density at radius 1 is 1.16 bits per heavy atom. The van der Waals surface area contributed by atoms with Gasteiger partial charge in [-0.3, -0.25) is 9.59 Å². The second-order valence-electron chi connectivity index (χ2n) is 6.36. The third-order valence-electron chi connectivity index (χ3n) is 4.69. The van der Waals surface area contributed by atoms with E-state index >= 15 is 0 Å². The first-order valence-corrected chi connectivity index (χ1v) is 11.4. The maximum absolute atomic E-state index is 12.7. The SMILES string of the molecule is O=C(CC1CSCCN1)N1CCN(C(=O)c2cc3sccc3s2)CC1. The summed E-state index contributed by atoms with van der Waals surface area (Å²) in [5.74, 6) is 2.46. The van der Waals surface area contributed by atoms with E-state index < -0.39 is 0 Å². The summed E-state index contributed by atoms with van der Waals surface area (Å²) in [6.45, 7) is 3.53. The molecule has 0 bridgehead atoms. The van der Waals surface area contributed by atoms with Crippen LogP contribution in [0.2, 0.25) is 0 Å². The van der Waals surface area contributed by atoms with Crippen molar-refractivity contribution < 1.29 is 9.59 Å². The molecule has 8 heteroatoms. The zero-order chi connectivity index (χ0) is 17.2. The van der Waals surface area contributed by atoms with E-state index in [4.69, 9.17) is 0 Å². The summed E-state index contributed by atoms with van der Waals surface area (Å²) in [4.78, 5) is 29.8. The number of carbonyl (C=O) groups is 2. The number of amides is 2. The first kappa shape index (κ1) is 17.3. The zero-order valence-corrected chi connectivity index (χ0v) is 16.4. The van der Waals surface area contributed by atoms with Crippen molar-refractivity contribution in [1.29, 1.82) is 0 Å². The van der Waals surface area contributed by atoms with E-state index in [2.05, 4.69) is 16.8 Å². The molecular weight excluding hydrogens is 374 g/mol. The molecule has 0 radical (unpaired) electrons. The van der Waals surface area contributed by atoms with Crippen molar-refractivity contribution >= 4 is 55.6 Å². The van der Waals surface area contributed by atoms with Gasteiger partial charge in [0.2, 0.25) is 5.91 Å². The van der Waals surface area contributed by atoms with E-state index in [0.717, 1.165) is 22.9 Å². The zero-order valence-electron chi connectivity index (χ0n) is 13.9. The van der Waals surface area contributed by atoms with Crippen molar-refractivity contribution in [2.45, 2.75) is 12.5 Å². The number of fused-ring (bicyclic) bond motifs is 1. The molecule has 1 atom stereocenters. The van der Waals surface area contributed by atoms with Gasteiger partial charge in [-0.05, 0) is 17.5 Å². The number of hydrogen-bond donors (Lipinski definition) is 1. The van der Waals surface area contributed by atoms with Crippen molar-refractivity contribution in [3.8, 4) is 0 Å². The lowest BCUT2D eigenvalue weighted by Crippen LogP contribution is -2.52. The summed E-state index contributed by atoms with van der Waals surface area (Å²) in [6, 6.07) is 4.36. The van der Waals surface area contributed by atoms with Crippen LogP contribution in [-0.2, 0) is 4.79 Å². The van der Waals surface area contributed by atoms with Crippen molar-refractivity contribution in [1.82, 2.24) is 15.1 Å². The van der Waals surface area contributed by atoms with E-state index in [1.165, 1.54) is 9.40 Å². The Labute approximate surface area is 159 Å². The predicted molar refractivity (Wildman–Crippen MR) is 106 cm³/mol. The second kappa shape index (κ2) is 7.65. The van der Waals surface area contributed by atoms with Crippen LogP contribution in [0.5, 0.6) is 0 Å². The van der Waals surface area contributed by atoms with Crippen LogP contribution < -0.4 is 5.32 Å². The lowest BCUT2D eigenvalue weighted by Gasteiger charge is -2.35. The first-order valence-electron chi connectivity index (χ1n) is 8.56. The molecule has 2 fully saturated rings. The van der Waals surface area contributed by atoms with Crippen LogP contribution in [-0.4, -0.2) is 71.9 Å². The lowest BCUT2D eigenvalue weighted by atomic mass is 10.2. The Bertz CT molecular complexity index is 730. The van der Waals surface area contributed by atoms with Crippen LogP contribution in [0.15, 0.2) is 17.5 Å². The molecule has 0 spiro atoms. The fraction of sp³-hybridized carbons (Fsp3) is 0.529. The highest BCUT2D eigenvalue weighted by molar-refractivity contribution is 7.99. The molecule has 2 saturated heterocycles. The minimum atomic E-state index is 0.103. The maximum atomic E-state index is 12.7. The fourth-order valence-electron chi connectivity index (χ4n) is 3.28. The number of nitrogens with one attached hydrogen (secondary N) is 1. The Morgan fingerprint density at radius 3 is 2.68 bits per heavy atom. The normalized spacial score (nSPS) is 21.7. The third-order valence-corrected chi connectivity index (χ3v) is 7.90. The van der Waals surface area contributed by atoms with Crippen LogP contribution in [0.3, 0.4) is 0 Å². The highest BCUT2D eigenvalue weighted by atomic mass is 32.2. The van der Waals surface area contributed by atoms with Gasteiger partial charge in [0.25, 0.3) is 5.91 Å². The summed E-state index contributed by atoms with van der Waals surface area (Å²) in [6.07, 6.45) is 0.572. The molecule has 2 amide bonds. The molecule has 0 aromatic carbocycles. The van der Waals surface area contributed by atoms with Crippen LogP contribution in [0.4, 0.5) is 0 Å². The molecule has 1 unspecified atom stereocenters. The quantitative estimate of drug-likeness (QED) is 0.867. The number of thiophene rings is 2. The van der Waals surface area contributed by atoms with Crippen LogP contribution in [0.25, 0.3) is 9.40 Å². The number of hydrogen-bond acceptors (Lipinski definition) is 6. The van der Waals surface area contributed by atoms with Crippen LogP contribution in [0.1, 0.15) is 16.1 Å². The van der Waals surface area contributed by atoms with Crippen molar-refractivity contribution in [3.05, 3.63) is 22.4 Å². The van der Waals surface area contributed by atoms with E-state index in [1.54, 1.807) is 22.7 Å². The molecule has 4 rings (SSSR count). The molecule has 4 heterocycles. The monoisotopic (exact) mass is 395 g/mol. The number of thioether (sulfide) groups is 1.